The summed E-state index contributed by atoms with van der Waals surface area (Å²) in [5.74, 6) is -0.245. The summed E-state index contributed by atoms with van der Waals surface area (Å²) >= 11 is 3.38. The summed E-state index contributed by atoms with van der Waals surface area (Å²) in [6.07, 6.45) is 4.92. The van der Waals surface area contributed by atoms with Gasteiger partial charge in [-0.25, -0.2) is 0 Å². The average molecular weight is 329 g/mol. The number of pyridine rings is 1. The van der Waals surface area contributed by atoms with Gasteiger partial charge in [-0.1, -0.05) is 15.9 Å². The van der Waals surface area contributed by atoms with Crippen molar-refractivity contribution < 1.29 is 4.79 Å². The van der Waals surface area contributed by atoms with Crippen molar-refractivity contribution >= 4 is 39.5 Å². The topological polar surface area (TPSA) is 66.7 Å². The van der Waals surface area contributed by atoms with Gasteiger partial charge in [-0.3, -0.25) is 9.78 Å². The molecule has 0 fully saturated rings. The molecule has 2 heterocycles. The quantitative estimate of drug-likeness (QED) is 0.680. The Kier molecular flexibility index (Phi) is 3.39. The summed E-state index contributed by atoms with van der Waals surface area (Å²) in [4.78, 5) is 15.8. The molecular weight excluding hydrogens is 320 g/mol. The largest absolute Gasteiger partial charge is 0.320 e. The number of aromatic nitrogens is 1. The summed E-state index contributed by atoms with van der Waals surface area (Å²) in [6, 6.07) is 9.15. The van der Waals surface area contributed by atoms with E-state index < -0.39 is 0 Å². The number of amides is 1. The van der Waals surface area contributed by atoms with Crippen LogP contribution in [0.2, 0.25) is 0 Å². The van der Waals surface area contributed by atoms with Gasteiger partial charge in [-0.2, -0.15) is 5.10 Å². The number of hydrogen-bond donors (Lipinski definition) is 1. The smallest absolute Gasteiger partial charge is 0.276 e. The van der Waals surface area contributed by atoms with Crippen molar-refractivity contribution in [2.45, 2.75) is 0 Å². The van der Waals surface area contributed by atoms with Crippen molar-refractivity contribution in [2.24, 2.45) is 10.2 Å². The molecule has 0 radical (unpaired) electrons. The van der Waals surface area contributed by atoms with Crippen LogP contribution in [0.4, 0.5) is 5.69 Å². The molecule has 0 aliphatic carbocycles. The number of nitrogens with zero attached hydrogens (tertiary/aromatic N) is 3. The zero-order chi connectivity index (χ0) is 13.9. The Hall–Kier alpha value is -2.34. The highest BCUT2D eigenvalue weighted by Gasteiger charge is 2.26. The lowest BCUT2D eigenvalue weighted by atomic mass is 10.1. The Labute approximate surface area is 123 Å². The van der Waals surface area contributed by atoms with Crippen LogP contribution in [-0.2, 0) is 4.79 Å². The van der Waals surface area contributed by atoms with E-state index in [-0.39, 0.29) is 5.91 Å². The van der Waals surface area contributed by atoms with Crippen LogP contribution in [0, 0.1) is 0 Å². The molecule has 0 saturated heterocycles. The van der Waals surface area contributed by atoms with E-state index in [1.54, 1.807) is 18.6 Å². The van der Waals surface area contributed by atoms with Gasteiger partial charge in [0.25, 0.3) is 5.91 Å². The molecule has 0 saturated carbocycles. The van der Waals surface area contributed by atoms with Gasteiger partial charge in [0.05, 0.1) is 11.9 Å². The first kappa shape index (κ1) is 12.7. The molecule has 98 valence electrons. The van der Waals surface area contributed by atoms with Crippen LogP contribution in [0.5, 0.6) is 0 Å². The van der Waals surface area contributed by atoms with E-state index in [1.165, 1.54) is 0 Å². The summed E-state index contributed by atoms with van der Waals surface area (Å²) < 4.78 is 0.888. The van der Waals surface area contributed by atoms with Crippen molar-refractivity contribution in [1.82, 2.24) is 4.98 Å². The fraction of sp³-hybridized carbons (Fsp3) is 0. The number of fused-ring (bicyclic) bond motifs is 1. The summed E-state index contributed by atoms with van der Waals surface area (Å²) in [5, 5.41) is 10.7. The molecule has 0 atom stereocenters. The standard InChI is InChI=1S/C14H9BrN4O/c15-10-1-2-12-11(7-10)13(14(20)18-12)19-17-8-9-3-5-16-6-4-9/h1-8H,(H,18,19,20)/b17-8+. The Morgan fingerprint density at radius 1 is 1.20 bits per heavy atom. The fourth-order valence-electron chi connectivity index (χ4n) is 1.83. The molecule has 0 spiro atoms. The third-order valence-electron chi connectivity index (χ3n) is 2.77. The second-order valence-electron chi connectivity index (χ2n) is 4.12. The molecule has 0 bridgehead atoms. The Bertz CT molecular complexity index is 725. The SMILES string of the molecule is O=C1Nc2ccc(Br)cc2/C1=N/N=C/c1ccncc1. The van der Waals surface area contributed by atoms with Crippen molar-refractivity contribution in [3.8, 4) is 0 Å². The van der Waals surface area contributed by atoms with Gasteiger partial charge < -0.3 is 5.32 Å². The molecule has 5 nitrogen and oxygen atoms in total. The molecule has 1 amide bonds. The van der Waals surface area contributed by atoms with Crippen LogP contribution in [0.1, 0.15) is 11.1 Å². The third-order valence-corrected chi connectivity index (χ3v) is 3.26. The fourth-order valence-corrected chi connectivity index (χ4v) is 2.19. The molecule has 2 aromatic rings. The van der Waals surface area contributed by atoms with Crippen LogP contribution in [0.3, 0.4) is 0 Å². The Morgan fingerprint density at radius 3 is 2.80 bits per heavy atom. The highest BCUT2D eigenvalue weighted by molar-refractivity contribution is 9.10. The predicted molar refractivity (Wildman–Crippen MR) is 81.1 cm³/mol. The zero-order valence-electron chi connectivity index (χ0n) is 10.2. The molecule has 1 aromatic heterocycles. The summed E-state index contributed by atoms with van der Waals surface area (Å²) in [7, 11) is 0. The lowest BCUT2D eigenvalue weighted by molar-refractivity contribution is -0.110. The van der Waals surface area contributed by atoms with E-state index in [2.05, 4.69) is 36.4 Å². The van der Waals surface area contributed by atoms with Gasteiger partial charge in [0.15, 0.2) is 5.71 Å². The Balaban J connectivity index is 1.91. The minimum Gasteiger partial charge on any atom is -0.320 e. The molecular formula is C14H9BrN4O. The highest BCUT2D eigenvalue weighted by Crippen LogP contribution is 2.26. The van der Waals surface area contributed by atoms with Crippen molar-refractivity contribution in [2.75, 3.05) is 5.32 Å². The number of rotatable bonds is 2. The lowest BCUT2D eigenvalue weighted by Gasteiger charge is -1.96. The van der Waals surface area contributed by atoms with Crippen LogP contribution in [0.15, 0.2) is 57.4 Å². The maximum Gasteiger partial charge on any atom is 0.276 e. The normalized spacial score (nSPS) is 15.7. The minimum absolute atomic E-state index is 0.245. The monoisotopic (exact) mass is 328 g/mol. The van der Waals surface area contributed by atoms with E-state index in [9.17, 15) is 4.79 Å². The molecule has 1 aliphatic heterocycles. The maximum absolute atomic E-state index is 11.8. The van der Waals surface area contributed by atoms with Crippen LogP contribution < -0.4 is 5.32 Å². The summed E-state index contributed by atoms with van der Waals surface area (Å²) in [5.41, 5.74) is 2.68. The van der Waals surface area contributed by atoms with E-state index in [0.717, 1.165) is 21.3 Å². The number of anilines is 1. The summed E-state index contributed by atoms with van der Waals surface area (Å²) in [6.45, 7) is 0. The number of benzene rings is 1. The minimum atomic E-state index is -0.245. The predicted octanol–water partition coefficient (Wildman–Crippen LogP) is 2.62. The van der Waals surface area contributed by atoms with Crippen molar-refractivity contribution in [3.05, 3.63) is 58.3 Å². The molecule has 0 unspecified atom stereocenters. The van der Waals surface area contributed by atoms with Gasteiger partial charge in [0.1, 0.15) is 0 Å². The maximum atomic E-state index is 11.8. The molecule has 1 aromatic carbocycles. The molecule has 6 heteroatoms. The van der Waals surface area contributed by atoms with Gasteiger partial charge in [0.2, 0.25) is 0 Å². The highest BCUT2D eigenvalue weighted by atomic mass is 79.9. The number of hydrogen-bond acceptors (Lipinski definition) is 4. The van der Waals surface area contributed by atoms with E-state index in [1.807, 2.05) is 30.3 Å². The number of carbonyl (C=O) groups is 1. The zero-order valence-corrected chi connectivity index (χ0v) is 11.8. The average Bonchev–Trinajstić information content (AvgIpc) is 2.76. The first-order valence-electron chi connectivity index (χ1n) is 5.86. The van der Waals surface area contributed by atoms with Gasteiger partial charge in [-0.15, -0.1) is 5.10 Å². The van der Waals surface area contributed by atoms with E-state index in [4.69, 9.17) is 0 Å². The third kappa shape index (κ3) is 2.50. The lowest BCUT2D eigenvalue weighted by Crippen LogP contribution is -2.13. The second-order valence-corrected chi connectivity index (χ2v) is 5.03. The van der Waals surface area contributed by atoms with E-state index >= 15 is 0 Å². The number of carbonyl (C=O) groups excluding carboxylic acids is 1. The van der Waals surface area contributed by atoms with Crippen LogP contribution in [-0.4, -0.2) is 22.8 Å². The first-order valence-corrected chi connectivity index (χ1v) is 6.66. The number of nitrogens with one attached hydrogen (secondary N) is 1. The molecule has 20 heavy (non-hydrogen) atoms. The van der Waals surface area contributed by atoms with Crippen molar-refractivity contribution in [3.63, 3.8) is 0 Å². The second kappa shape index (κ2) is 5.34. The number of halogens is 1. The van der Waals surface area contributed by atoms with Gasteiger partial charge in [0, 0.05) is 22.4 Å². The Morgan fingerprint density at radius 2 is 2.00 bits per heavy atom. The molecule has 3 rings (SSSR count). The molecule has 1 N–H and O–H groups in total. The van der Waals surface area contributed by atoms with Crippen LogP contribution in [0.25, 0.3) is 0 Å². The van der Waals surface area contributed by atoms with Crippen molar-refractivity contribution in [1.29, 1.82) is 0 Å². The van der Waals surface area contributed by atoms with Crippen LogP contribution >= 0.6 is 15.9 Å². The van der Waals surface area contributed by atoms with E-state index in [0.29, 0.717) is 5.71 Å². The molecule has 1 aliphatic rings. The van der Waals surface area contributed by atoms with Gasteiger partial charge >= 0.3 is 0 Å². The first-order chi connectivity index (χ1) is 9.74. The van der Waals surface area contributed by atoms with Gasteiger partial charge in [-0.05, 0) is 35.9 Å².